The minimum Gasteiger partial charge on any atom is -0.325 e. The molecule has 0 radical (unpaired) electrons. The normalized spacial score (nSPS) is 14.0. The molecule has 0 fully saturated rings. The van der Waals surface area contributed by atoms with Gasteiger partial charge in [0.2, 0.25) is 11.8 Å². The first-order valence-electron chi connectivity index (χ1n) is 8.59. The van der Waals surface area contributed by atoms with Crippen LogP contribution in [0.2, 0.25) is 0 Å². The van der Waals surface area contributed by atoms with Gasteiger partial charge in [0.1, 0.15) is 0 Å². The van der Waals surface area contributed by atoms with Gasteiger partial charge in [-0.15, -0.1) is 0 Å². The van der Waals surface area contributed by atoms with Gasteiger partial charge in [0.15, 0.2) is 0 Å². The molecule has 2 N–H and O–H groups in total. The Bertz CT molecular complexity index is 593. The van der Waals surface area contributed by atoms with Crippen molar-refractivity contribution in [3.63, 3.8) is 0 Å². The monoisotopic (exact) mass is 329 g/mol. The van der Waals surface area contributed by atoms with E-state index >= 15 is 0 Å². The molecule has 5 nitrogen and oxygen atoms in total. The molecule has 1 aromatic rings. The van der Waals surface area contributed by atoms with Crippen molar-refractivity contribution in [1.29, 1.82) is 0 Å². The average Bonchev–Trinajstić information content (AvgIpc) is 2.59. The van der Waals surface area contributed by atoms with Crippen LogP contribution in [0.15, 0.2) is 35.9 Å². The van der Waals surface area contributed by atoms with Gasteiger partial charge in [-0.25, -0.2) is 0 Å². The van der Waals surface area contributed by atoms with E-state index in [1.54, 1.807) is 24.1 Å². The minimum atomic E-state index is -0.0553. The summed E-state index contributed by atoms with van der Waals surface area (Å²) in [5.41, 5.74) is 3.05. The van der Waals surface area contributed by atoms with Gasteiger partial charge in [-0.05, 0) is 62.9 Å². The Balaban J connectivity index is 1.70. The summed E-state index contributed by atoms with van der Waals surface area (Å²) in [6.07, 6.45) is 8.37. The molecule has 0 atom stereocenters. The predicted molar refractivity (Wildman–Crippen MR) is 98.2 cm³/mol. The van der Waals surface area contributed by atoms with Crippen molar-refractivity contribution >= 4 is 23.2 Å². The highest BCUT2D eigenvalue weighted by atomic mass is 16.2. The van der Waals surface area contributed by atoms with E-state index in [0.29, 0.717) is 6.54 Å². The zero-order valence-electron chi connectivity index (χ0n) is 14.6. The number of carbonyl (C=O) groups excluding carboxylic acids is 2. The van der Waals surface area contributed by atoms with Crippen LogP contribution >= 0.6 is 0 Å². The first kappa shape index (κ1) is 18.2. The van der Waals surface area contributed by atoms with E-state index in [4.69, 9.17) is 0 Å². The fourth-order valence-electron chi connectivity index (χ4n) is 2.74. The molecule has 0 saturated heterocycles. The highest BCUT2D eigenvalue weighted by Crippen LogP contribution is 2.19. The van der Waals surface area contributed by atoms with E-state index in [-0.39, 0.29) is 11.8 Å². The molecule has 1 aliphatic carbocycles. The summed E-state index contributed by atoms with van der Waals surface area (Å²) >= 11 is 0. The van der Waals surface area contributed by atoms with Gasteiger partial charge in [-0.3, -0.25) is 9.59 Å². The summed E-state index contributed by atoms with van der Waals surface area (Å²) in [6.45, 7) is 2.66. The summed E-state index contributed by atoms with van der Waals surface area (Å²) in [7, 11) is 1.72. The van der Waals surface area contributed by atoms with Crippen LogP contribution in [-0.4, -0.2) is 32.0 Å². The summed E-state index contributed by atoms with van der Waals surface area (Å²) in [6, 6.07) is 7.25. The number of amides is 2. The summed E-state index contributed by atoms with van der Waals surface area (Å²) in [5, 5.41) is 6.05. The summed E-state index contributed by atoms with van der Waals surface area (Å²) in [4.78, 5) is 24.8. The Morgan fingerprint density at radius 3 is 2.54 bits per heavy atom. The maximum atomic E-state index is 11.9. The van der Waals surface area contributed by atoms with Crippen molar-refractivity contribution in [1.82, 2.24) is 5.32 Å². The molecule has 5 heteroatoms. The molecule has 0 aliphatic heterocycles. The molecular weight excluding hydrogens is 302 g/mol. The van der Waals surface area contributed by atoms with Gasteiger partial charge < -0.3 is 15.5 Å². The van der Waals surface area contributed by atoms with E-state index in [0.717, 1.165) is 24.3 Å². The minimum absolute atomic E-state index is 0.0240. The molecule has 1 aromatic carbocycles. The Labute approximate surface area is 144 Å². The SMILES string of the molecule is CC(=O)N(C)c1ccc(NC(=O)CNCCC2=CCCCC2)cc1. The second-order valence-corrected chi connectivity index (χ2v) is 6.21. The molecule has 0 aromatic heterocycles. The number of carbonyl (C=O) groups is 2. The predicted octanol–water partition coefficient (Wildman–Crippen LogP) is 3.09. The lowest BCUT2D eigenvalue weighted by Crippen LogP contribution is -2.29. The van der Waals surface area contributed by atoms with Gasteiger partial charge in [0.05, 0.1) is 6.54 Å². The molecule has 0 bridgehead atoms. The first-order chi connectivity index (χ1) is 11.6. The van der Waals surface area contributed by atoms with Crippen LogP contribution in [-0.2, 0) is 9.59 Å². The molecule has 2 rings (SSSR count). The number of benzene rings is 1. The van der Waals surface area contributed by atoms with Crippen LogP contribution in [0, 0.1) is 0 Å². The number of hydrogen-bond acceptors (Lipinski definition) is 3. The molecule has 0 unspecified atom stereocenters. The molecule has 0 heterocycles. The lowest BCUT2D eigenvalue weighted by atomic mass is 9.97. The van der Waals surface area contributed by atoms with Crippen molar-refractivity contribution in [2.75, 3.05) is 30.4 Å². The zero-order valence-corrected chi connectivity index (χ0v) is 14.6. The van der Waals surface area contributed by atoms with E-state index in [1.807, 2.05) is 12.1 Å². The van der Waals surface area contributed by atoms with Crippen molar-refractivity contribution in [3.05, 3.63) is 35.9 Å². The van der Waals surface area contributed by atoms with Gasteiger partial charge in [0, 0.05) is 25.3 Å². The second kappa shape index (κ2) is 9.23. The Hall–Kier alpha value is -2.14. The highest BCUT2D eigenvalue weighted by molar-refractivity contribution is 5.93. The van der Waals surface area contributed by atoms with Crippen LogP contribution in [0.25, 0.3) is 0 Å². The lowest BCUT2D eigenvalue weighted by Gasteiger charge is -2.15. The van der Waals surface area contributed by atoms with Gasteiger partial charge in [0.25, 0.3) is 0 Å². The van der Waals surface area contributed by atoms with Crippen LogP contribution in [0.1, 0.15) is 39.0 Å². The number of rotatable bonds is 7. The summed E-state index contributed by atoms with van der Waals surface area (Å²) < 4.78 is 0. The molecular formula is C19H27N3O2. The summed E-state index contributed by atoms with van der Waals surface area (Å²) in [5.74, 6) is -0.0793. The molecule has 130 valence electrons. The largest absolute Gasteiger partial charge is 0.325 e. The van der Waals surface area contributed by atoms with E-state index in [2.05, 4.69) is 16.7 Å². The van der Waals surface area contributed by atoms with Crippen LogP contribution < -0.4 is 15.5 Å². The van der Waals surface area contributed by atoms with Crippen molar-refractivity contribution < 1.29 is 9.59 Å². The molecule has 1 aliphatic rings. The quantitative estimate of drug-likeness (QED) is 0.597. The van der Waals surface area contributed by atoms with Crippen LogP contribution in [0.3, 0.4) is 0 Å². The standard InChI is InChI=1S/C19H27N3O2/c1-15(23)22(2)18-10-8-17(9-11-18)21-19(24)14-20-13-12-16-6-4-3-5-7-16/h6,8-11,20H,3-5,7,12-14H2,1-2H3,(H,21,24). The Kier molecular flexibility index (Phi) is 7.00. The fourth-order valence-corrected chi connectivity index (χ4v) is 2.74. The Morgan fingerprint density at radius 1 is 1.17 bits per heavy atom. The second-order valence-electron chi connectivity index (χ2n) is 6.21. The topological polar surface area (TPSA) is 61.4 Å². The third-order valence-corrected chi connectivity index (χ3v) is 4.30. The molecule has 0 spiro atoms. The van der Waals surface area contributed by atoms with Crippen LogP contribution in [0.5, 0.6) is 0 Å². The molecule has 0 saturated carbocycles. The van der Waals surface area contributed by atoms with E-state index in [9.17, 15) is 9.59 Å². The van der Waals surface area contributed by atoms with Gasteiger partial charge in [-0.1, -0.05) is 11.6 Å². The number of allylic oxidation sites excluding steroid dienone is 1. The number of anilines is 2. The first-order valence-corrected chi connectivity index (χ1v) is 8.59. The van der Waals surface area contributed by atoms with Gasteiger partial charge >= 0.3 is 0 Å². The third kappa shape index (κ3) is 5.81. The number of nitrogens with zero attached hydrogens (tertiary/aromatic N) is 1. The highest BCUT2D eigenvalue weighted by Gasteiger charge is 2.07. The van der Waals surface area contributed by atoms with Crippen molar-refractivity contribution in [2.24, 2.45) is 0 Å². The molecule has 24 heavy (non-hydrogen) atoms. The zero-order chi connectivity index (χ0) is 17.4. The molecule has 2 amide bonds. The van der Waals surface area contributed by atoms with Gasteiger partial charge in [-0.2, -0.15) is 0 Å². The third-order valence-electron chi connectivity index (χ3n) is 4.30. The number of nitrogens with one attached hydrogen (secondary N) is 2. The van der Waals surface area contributed by atoms with E-state index < -0.39 is 0 Å². The van der Waals surface area contributed by atoms with Crippen molar-refractivity contribution in [2.45, 2.75) is 39.0 Å². The smallest absolute Gasteiger partial charge is 0.238 e. The Morgan fingerprint density at radius 2 is 1.92 bits per heavy atom. The maximum Gasteiger partial charge on any atom is 0.238 e. The average molecular weight is 329 g/mol. The van der Waals surface area contributed by atoms with Crippen LogP contribution in [0.4, 0.5) is 11.4 Å². The lowest BCUT2D eigenvalue weighted by molar-refractivity contribution is -0.116. The fraction of sp³-hybridized carbons (Fsp3) is 0.474. The van der Waals surface area contributed by atoms with Crippen molar-refractivity contribution in [3.8, 4) is 0 Å². The van der Waals surface area contributed by atoms with E-state index in [1.165, 1.54) is 38.2 Å². The maximum absolute atomic E-state index is 11.9. The number of hydrogen-bond donors (Lipinski definition) is 2.